The molecule has 1 N–H and O–H groups in total. The molecule has 164 valence electrons. The van der Waals surface area contributed by atoms with E-state index in [0.29, 0.717) is 29.7 Å². The SMILES string of the molecule is CCCS(=O)(=O)Nc1ccc(F)c(C(=O)C2=CCc3ncc(-c4cccnc4)cc32)c1F. The smallest absolute Gasteiger partial charge is 0.232 e. The Balaban J connectivity index is 1.72. The predicted octanol–water partition coefficient (Wildman–Crippen LogP) is 4.40. The molecule has 32 heavy (non-hydrogen) atoms. The summed E-state index contributed by atoms with van der Waals surface area (Å²) in [6.45, 7) is 1.66. The molecule has 3 aromatic rings. The highest BCUT2D eigenvalue weighted by molar-refractivity contribution is 7.92. The average Bonchev–Trinajstić information content (AvgIpc) is 3.19. The number of benzene rings is 1. The van der Waals surface area contributed by atoms with Crippen LogP contribution in [0.5, 0.6) is 0 Å². The minimum atomic E-state index is -3.82. The summed E-state index contributed by atoms with van der Waals surface area (Å²) < 4.78 is 55.8. The maximum absolute atomic E-state index is 15.1. The Morgan fingerprint density at radius 3 is 2.69 bits per heavy atom. The number of hydrogen-bond acceptors (Lipinski definition) is 5. The number of nitrogens with one attached hydrogen (secondary N) is 1. The van der Waals surface area contributed by atoms with Crippen LogP contribution in [0, 0.1) is 11.6 Å². The van der Waals surface area contributed by atoms with Crippen molar-refractivity contribution in [3.63, 3.8) is 0 Å². The van der Waals surface area contributed by atoms with Gasteiger partial charge in [0.25, 0.3) is 0 Å². The quantitative estimate of drug-likeness (QED) is 0.534. The molecule has 2 heterocycles. The van der Waals surface area contributed by atoms with Crippen molar-refractivity contribution >= 4 is 27.1 Å². The molecule has 0 atom stereocenters. The van der Waals surface area contributed by atoms with Crippen LogP contribution in [0.2, 0.25) is 0 Å². The Bertz CT molecular complexity index is 1340. The van der Waals surface area contributed by atoms with Crippen LogP contribution in [0.1, 0.15) is 35.0 Å². The van der Waals surface area contributed by atoms with Gasteiger partial charge in [-0.05, 0) is 30.7 Å². The van der Waals surface area contributed by atoms with Crippen molar-refractivity contribution in [2.75, 3.05) is 10.5 Å². The summed E-state index contributed by atoms with van der Waals surface area (Å²) in [6.07, 6.45) is 7.16. The Morgan fingerprint density at radius 2 is 1.97 bits per heavy atom. The number of rotatable bonds is 7. The van der Waals surface area contributed by atoms with Crippen molar-refractivity contribution in [2.24, 2.45) is 0 Å². The number of hydrogen-bond donors (Lipinski definition) is 1. The van der Waals surface area contributed by atoms with Gasteiger partial charge >= 0.3 is 0 Å². The lowest BCUT2D eigenvalue weighted by Crippen LogP contribution is -2.18. The summed E-state index contributed by atoms with van der Waals surface area (Å²) in [4.78, 5) is 21.6. The molecular weight excluding hydrogens is 436 g/mol. The van der Waals surface area contributed by atoms with Crippen LogP contribution in [-0.4, -0.2) is 29.9 Å². The molecule has 0 aliphatic heterocycles. The fourth-order valence-corrected chi connectivity index (χ4v) is 4.70. The van der Waals surface area contributed by atoms with Crippen LogP contribution in [0.4, 0.5) is 14.5 Å². The number of halogens is 2. The molecule has 0 bridgehead atoms. The highest BCUT2D eigenvalue weighted by Gasteiger charge is 2.29. The minimum Gasteiger partial charge on any atom is -0.288 e. The number of carbonyl (C=O) groups is 1. The van der Waals surface area contributed by atoms with Gasteiger partial charge < -0.3 is 0 Å². The third-order valence-electron chi connectivity index (χ3n) is 5.06. The van der Waals surface area contributed by atoms with Gasteiger partial charge in [-0.15, -0.1) is 0 Å². The number of carbonyl (C=O) groups excluding carboxylic acids is 1. The first kappa shape index (κ1) is 21.8. The van der Waals surface area contributed by atoms with Crippen LogP contribution in [0.15, 0.2) is 55.0 Å². The molecule has 6 nitrogen and oxygen atoms in total. The molecular formula is C23H19F2N3O3S. The largest absolute Gasteiger partial charge is 0.288 e. The van der Waals surface area contributed by atoms with E-state index in [4.69, 9.17) is 0 Å². The summed E-state index contributed by atoms with van der Waals surface area (Å²) in [5.41, 5.74) is 1.42. The van der Waals surface area contributed by atoms with E-state index >= 15 is 4.39 Å². The molecule has 1 aromatic carbocycles. The highest BCUT2D eigenvalue weighted by Crippen LogP contribution is 2.34. The Morgan fingerprint density at radius 1 is 1.16 bits per heavy atom. The van der Waals surface area contributed by atoms with Crippen molar-refractivity contribution in [2.45, 2.75) is 19.8 Å². The molecule has 0 amide bonds. The molecule has 0 unspecified atom stereocenters. The van der Waals surface area contributed by atoms with Crippen LogP contribution >= 0.6 is 0 Å². The number of anilines is 1. The molecule has 0 fully saturated rings. The number of allylic oxidation sites excluding steroid dienone is 2. The molecule has 0 radical (unpaired) electrons. The number of ketones is 1. The third-order valence-corrected chi connectivity index (χ3v) is 6.53. The summed E-state index contributed by atoms with van der Waals surface area (Å²) in [6, 6.07) is 7.18. The van der Waals surface area contributed by atoms with Crippen LogP contribution in [0.25, 0.3) is 16.7 Å². The lowest BCUT2D eigenvalue weighted by atomic mass is 9.96. The zero-order valence-corrected chi connectivity index (χ0v) is 17.9. The second-order valence-electron chi connectivity index (χ2n) is 7.32. The van der Waals surface area contributed by atoms with Gasteiger partial charge in [-0.3, -0.25) is 19.5 Å². The first-order valence-corrected chi connectivity index (χ1v) is 11.6. The van der Waals surface area contributed by atoms with Crippen molar-refractivity contribution in [1.82, 2.24) is 9.97 Å². The number of sulfonamides is 1. The summed E-state index contributed by atoms with van der Waals surface area (Å²) in [5, 5.41) is 0. The lowest BCUT2D eigenvalue weighted by molar-refractivity contribution is 0.104. The van der Waals surface area contributed by atoms with Crippen molar-refractivity contribution in [3.8, 4) is 11.1 Å². The minimum absolute atomic E-state index is 0.115. The molecule has 4 rings (SSSR count). The second-order valence-corrected chi connectivity index (χ2v) is 9.16. The number of aromatic nitrogens is 2. The number of pyridine rings is 2. The van der Waals surface area contributed by atoms with Crippen molar-refractivity contribution in [1.29, 1.82) is 0 Å². The normalized spacial score (nSPS) is 12.9. The van der Waals surface area contributed by atoms with Gasteiger partial charge in [-0.1, -0.05) is 19.1 Å². The number of Topliss-reactive ketones (excluding diaryl/α,β-unsaturated/α-hetero) is 1. The van der Waals surface area contributed by atoms with Crippen molar-refractivity contribution in [3.05, 3.63) is 83.5 Å². The van der Waals surface area contributed by atoms with Gasteiger partial charge in [0, 0.05) is 47.3 Å². The molecule has 0 saturated heterocycles. The van der Waals surface area contributed by atoms with Gasteiger partial charge in [0.15, 0.2) is 11.6 Å². The van der Waals surface area contributed by atoms with Gasteiger partial charge in [0.2, 0.25) is 10.0 Å². The fraction of sp³-hybridized carbons (Fsp3) is 0.174. The van der Waals surface area contributed by atoms with E-state index in [9.17, 15) is 17.6 Å². The molecule has 1 aliphatic rings. The van der Waals surface area contributed by atoms with Crippen LogP contribution in [-0.2, 0) is 16.4 Å². The Labute approximate surface area is 184 Å². The standard InChI is InChI=1S/C23H19F2N3O3S/c1-2-10-32(30,31)28-20-8-6-18(24)21(22(20)25)23(29)16-5-7-19-17(16)11-15(13-27-19)14-4-3-9-26-12-14/h3-6,8-9,11-13,28H,2,7,10H2,1H3. The molecule has 0 spiro atoms. The van der Waals surface area contributed by atoms with Gasteiger partial charge in [0.05, 0.1) is 22.7 Å². The summed E-state index contributed by atoms with van der Waals surface area (Å²) >= 11 is 0. The molecule has 2 aromatic heterocycles. The Kier molecular flexibility index (Phi) is 5.84. The maximum Gasteiger partial charge on any atom is 0.232 e. The predicted molar refractivity (Wildman–Crippen MR) is 118 cm³/mol. The molecule has 0 saturated carbocycles. The van der Waals surface area contributed by atoms with E-state index in [0.717, 1.165) is 17.7 Å². The Hall–Kier alpha value is -3.46. The third kappa shape index (κ3) is 4.16. The highest BCUT2D eigenvalue weighted by atomic mass is 32.2. The van der Waals surface area contributed by atoms with E-state index in [1.54, 1.807) is 43.7 Å². The maximum atomic E-state index is 15.1. The van der Waals surface area contributed by atoms with Crippen molar-refractivity contribution < 1.29 is 22.0 Å². The zero-order valence-electron chi connectivity index (χ0n) is 17.1. The number of fused-ring (bicyclic) bond motifs is 1. The summed E-state index contributed by atoms with van der Waals surface area (Å²) in [7, 11) is -3.82. The van der Waals surface area contributed by atoms with Gasteiger partial charge in [-0.25, -0.2) is 17.2 Å². The molecule has 9 heteroatoms. The average molecular weight is 455 g/mol. The topological polar surface area (TPSA) is 89.0 Å². The first-order valence-electron chi connectivity index (χ1n) is 9.93. The van der Waals surface area contributed by atoms with Crippen LogP contribution < -0.4 is 4.72 Å². The van der Waals surface area contributed by atoms with Gasteiger partial charge in [0.1, 0.15) is 5.82 Å². The van der Waals surface area contributed by atoms with Gasteiger partial charge in [-0.2, -0.15) is 0 Å². The van der Waals surface area contributed by atoms with E-state index < -0.39 is 38.7 Å². The monoisotopic (exact) mass is 455 g/mol. The lowest BCUT2D eigenvalue weighted by Gasteiger charge is -2.13. The number of nitrogens with zero attached hydrogens (tertiary/aromatic N) is 2. The van der Waals surface area contributed by atoms with E-state index in [-0.39, 0.29) is 11.3 Å². The summed E-state index contributed by atoms with van der Waals surface area (Å²) in [5.74, 6) is -3.42. The first-order chi connectivity index (χ1) is 15.3. The van der Waals surface area contributed by atoms with E-state index in [1.807, 2.05) is 6.07 Å². The van der Waals surface area contributed by atoms with E-state index in [1.165, 1.54) is 0 Å². The van der Waals surface area contributed by atoms with Crippen LogP contribution in [0.3, 0.4) is 0 Å². The second kappa shape index (κ2) is 8.58. The van der Waals surface area contributed by atoms with E-state index in [2.05, 4.69) is 14.7 Å². The fourth-order valence-electron chi connectivity index (χ4n) is 3.57. The zero-order chi connectivity index (χ0) is 22.9. The molecule has 1 aliphatic carbocycles.